The second-order valence-corrected chi connectivity index (χ2v) is 4.98. The van der Waals surface area contributed by atoms with Gasteiger partial charge in [-0.25, -0.2) is 0 Å². The Morgan fingerprint density at radius 2 is 2.05 bits per heavy atom. The molecule has 0 radical (unpaired) electrons. The van der Waals surface area contributed by atoms with Gasteiger partial charge in [0.1, 0.15) is 5.75 Å². The molecule has 5 heteroatoms. The van der Waals surface area contributed by atoms with Crippen molar-refractivity contribution in [2.75, 3.05) is 13.2 Å². The van der Waals surface area contributed by atoms with Crippen molar-refractivity contribution < 1.29 is 19.4 Å². The monoisotopic (exact) mass is 293 g/mol. The summed E-state index contributed by atoms with van der Waals surface area (Å²) in [5, 5.41) is 11.1. The molecule has 1 aromatic carbocycles. The Morgan fingerprint density at radius 3 is 2.71 bits per heavy atom. The van der Waals surface area contributed by atoms with Gasteiger partial charge >= 0.3 is 5.97 Å². The quantitative estimate of drug-likeness (QED) is 0.686. The number of amides is 1. The van der Waals surface area contributed by atoms with Crippen molar-refractivity contribution in [1.82, 2.24) is 5.32 Å². The highest BCUT2D eigenvalue weighted by atomic mass is 16.5. The van der Waals surface area contributed by atoms with Crippen molar-refractivity contribution in [3.63, 3.8) is 0 Å². The molecule has 0 aliphatic heterocycles. The van der Waals surface area contributed by atoms with Gasteiger partial charge in [-0.3, -0.25) is 9.59 Å². The summed E-state index contributed by atoms with van der Waals surface area (Å²) >= 11 is 0. The summed E-state index contributed by atoms with van der Waals surface area (Å²) in [6.45, 7) is 4.52. The summed E-state index contributed by atoms with van der Waals surface area (Å²) in [5.41, 5.74) is 1.10. The van der Waals surface area contributed by atoms with Crippen LogP contribution >= 0.6 is 0 Å². The van der Waals surface area contributed by atoms with Gasteiger partial charge in [0.15, 0.2) is 6.61 Å². The van der Waals surface area contributed by atoms with Gasteiger partial charge < -0.3 is 15.2 Å². The Labute approximate surface area is 125 Å². The Bertz CT molecular complexity index is 473. The lowest BCUT2D eigenvalue weighted by molar-refractivity contribution is -0.137. The van der Waals surface area contributed by atoms with Crippen LogP contribution in [0.2, 0.25) is 0 Å². The van der Waals surface area contributed by atoms with Gasteiger partial charge in [-0.15, -0.1) is 0 Å². The normalized spacial score (nSPS) is 11.7. The van der Waals surface area contributed by atoms with Gasteiger partial charge in [0.25, 0.3) is 5.91 Å². The zero-order valence-corrected chi connectivity index (χ0v) is 12.6. The third kappa shape index (κ3) is 6.29. The minimum absolute atomic E-state index is 0.0536. The third-order valence-corrected chi connectivity index (χ3v) is 3.31. The molecule has 0 aliphatic carbocycles. The molecule has 1 rings (SSSR count). The first-order chi connectivity index (χ1) is 10.0. The fourth-order valence-electron chi connectivity index (χ4n) is 1.90. The molecule has 0 heterocycles. The molecule has 0 fully saturated rings. The fraction of sp³-hybridized carbons (Fsp3) is 0.500. The third-order valence-electron chi connectivity index (χ3n) is 3.31. The van der Waals surface area contributed by atoms with Crippen LogP contribution in [0.25, 0.3) is 0 Å². The number of benzene rings is 1. The SMILES string of the molecule is CCC(C)c1ccccc1OCC(=O)NCCCC(=O)O. The molecule has 1 unspecified atom stereocenters. The van der Waals surface area contributed by atoms with Gasteiger partial charge in [-0.1, -0.05) is 32.0 Å². The van der Waals surface area contributed by atoms with E-state index in [9.17, 15) is 9.59 Å². The van der Waals surface area contributed by atoms with Crippen molar-refractivity contribution in [2.45, 2.75) is 39.0 Å². The second-order valence-electron chi connectivity index (χ2n) is 4.98. The van der Waals surface area contributed by atoms with Crippen LogP contribution in [0.15, 0.2) is 24.3 Å². The zero-order chi connectivity index (χ0) is 15.7. The fourth-order valence-corrected chi connectivity index (χ4v) is 1.90. The van der Waals surface area contributed by atoms with Crippen LogP contribution in [-0.4, -0.2) is 30.1 Å². The highest BCUT2D eigenvalue weighted by molar-refractivity contribution is 5.77. The predicted octanol–water partition coefficient (Wildman–Crippen LogP) is 2.56. The molecule has 0 spiro atoms. The maximum atomic E-state index is 11.6. The number of rotatable bonds is 9. The topological polar surface area (TPSA) is 75.6 Å². The van der Waals surface area contributed by atoms with E-state index in [4.69, 9.17) is 9.84 Å². The lowest BCUT2D eigenvalue weighted by atomic mass is 9.98. The molecule has 0 bridgehead atoms. The van der Waals surface area contributed by atoms with E-state index in [-0.39, 0.29) is 18.9 Å². The Hall–Kier alpha value is -2.04. The molecule has 2 N–H and O–H groups in total. The number of ether oxygens (including phenoxy) is 1. The molecule has 0 aromatic heterocycles. The van der Waals surface area contributed by atoms with E-state index in [0.29, 0.717) is 18.9 Å². The van der Waals surface area contributed by atoms with Crippen molar-refractivity contribution in [1.29, 1.82) is 0 Å². The smallest absolute Gasteiger partial charge is 0.303 e. The predicted molar refractivity (Wildman–Crippen MR) is 80.5 cm³/mol. The van der Waals surface area contributed by atoms with Gasteiger partial charge in [-0.05, 0) is 30.4 Å². The summed E-state index contributed by atoms with van der Waals surface area (Å²) in [6.07, 6.45) is 1.48. The molecule has 1 aromatic rings. The maximum absolute atomic E-state index is 11.6. The average Bonchev–Trinajstić information content (AvgIpc) is 2.48. The zero-order valence-electron chi connectivity index (χ0n) is 12.6. The van der Waals surface area contributed by atoms with E-state index in [1.165, 1.54) is 0 Å². The first-order valence-corrected chi connectivity index (χ1v) is 7.24. The number of nitrogens with one attached hydrogen (secondary N) is 1. The van der Waals surface area contributed by atoms with E-state index in [2.05, 4.69) is 19.2 Å². The molecule has 0 saturated heterocycles. The Morgan fingerprint density at radius 1 is 1.33 bits per heavy atom. The molecule has 1 amide bonds. The number of hydrogen-bond acceptors (Lipinski definition) is 3. The summed E-state index contributed by atoms with van der Waals surface area (Å²) in [5.74, 6) is 0.00897. The molecular weight excluding hydrogens is 270 g/mol. The highest BCUT2D eigenvalue weighted by Crippen LogP contribution is 2.28. The molecule has 116 valence electrons. The van der Waals surface area contributed by atoms with Gasteiger partial charge in [0, 0.05) is 13.0 Å². The molecular formula is C16H23NO4. The van der Waals surface area contributed by atoms with Gasteiger partial charge in [0.05, 0.1) is 0 Å². The summed E-state index contributed by atoms with van der Waals surface area (Å²) in [6, 6.07) is 7.71. The van der Waals surface area contributed by atoms with Crippen molar-refractivity contribution in [3.05, 3.63) is 29.8 Å². The Kier molecular flexibility index (Phi) is 7.29. The molecule has 0 aliphatic rings. The largest absolute Gasteiger partial charge is 0.483 e. The molecule has 5 nitrogen and oxygen atoms in total. The number of para-hydroxylation sites is 1. The van der Waals surface area contributed by atoms with Gasteiger partial charge in [-0.2, -0.15) is 0 Å². The number of carboxylic acid groups (broad SMARTS) is 1. The summed E-state index contributed by atoms with van der Waals surface area (Å²) < 4.78 is 5.57. The maximum Gasteiger partial charge on any atom is 0.303 e. The number of carbonyl (C=O) groups is 2. The lowest BCUT2D eigenvalue weighted by Crippen LogP contribution is -2.30. The lowest BCUT2D eigenvalue weighted by Gasteiger charge is -2.15. The minimum Gasteiger partial charge on any atom is -0.483 e. The van der Waals surface area contributed by atoms with Crippen LogP contribution in [0.4, 0.5) is 0 Å². The van der Waals surface area contributed by atoms with Crippen molar-refractivity contribution in [2.24, 2.45) is 0 Å². The molecule has 0 saturated carbocycles. The van der Waals surface area contributed by atoms with Crippen LogP contribution in [-0.2, 0) is 9.59 Å². The standard InChI is InChI=1S/C16H23NO4/c1-3-12(2)13-7-4-5-8-14(13)21-11-15(18)17-10-6-9-16(19)20/h4-5,7-8,12H,3,6,9-11H2,1-2H3,(H,17,18)(H,19,20). The second kappa shape index (κ2) is 9.00. The first kappa shape index (κ1) is 17.0. The number of hydrogen-bond donors (Lipinski definition) is 2. The molecule has 21 heavy (non-hydrogen) atoms. The Balaban J connectivity index is 2.41. The van der Waals surface area contributed by atoms with E-state index < -0.39 is 5.97 Å². The van der Waals surface area contributed by atoms with E-state index in [1.54, 1.807) is 0 Å². The molecule has 1 atom stereocenters. The van der Waals surface area contributed by atoms with Crippen LogP contribution in [0.3, 0.4) is 0 Å². The van der Waals surface area contributed by atoms with Gasteiger partial charge in [0.2, 0.25) is 0 Å². The van der Waals surface area contributed by atoms with Crippen molar-refractivity contribution >= 4 is 11.9 Å². The number of carbonyl (C=O) groups excluding carboxylic acids is 1. The van der Waals surface area contributed by atoms with Crippen LogP contribution in [0, 0.1) is 0 Å². The van der Waals surface area contributed by atoms with E-state index in [0.717, 1.165) is 17.7 Å². The first-order valence-electron chi connectivity index (χ1n) is 7.24. The van der Waals surface area contributed by atoms with Crippen LogP contribution in [0.1, 0.15) is 44.6 Å². The summed E-state index contributed by atoms with van der Waals surface area (Å²) in [7, 11) is 0. The number of aliphatic carboxylic acids is 1. The van der Waals surface area contributed by atoms with E-state index >= 15 is 0 Å². The van der Waals surface area contributed by atoms with Crippen molar-refractivity contribution in [3.8, 4) is 5.75 Å². The summed E-state index contributed by atoms with van der Waals surface area (Å²) in [4.78, 5) is 22.0. The highest BCUT2D eigenvalue weighted by Gasteiger charge is 2.11. The minimum atomic E-state index is -0.858. The van der Waals surface area contributed by atoms with Crippen LogP contribution in [0.5, 0.6) is 5.75 Å². The van der Waals surface area contributed by atoms with E-state index in [1.807, 2.05) is 24.3 Å². The number of carboxylic acids is 1. The van der Waals surface area contributed by atoms with Crippen LogP contribution < -0.4 is 10.1 Å². The average molecular weight is 293 g/mol.